The number of anilines is 1. The van der Waals surface area contributed by atoms with Crippen LogP contribution in [-0.2, 0) is 14.8 Å². The van der Waals surface area contributed by atoms with Crippen LogP contribution in [0.25, 0.3) is 0 Å². The van der Waals surface area contributed by atoms with Gasteiger partial charge in [0.05, 0.1) is 11.4 Å². The van der Waals surface area contributed by atoms with Crippen molar-refractivity contribution in [3.63, 3.8) is 0 Å². The van der Waals surface area contributed by atoms with Gasteiger partial charge >= 0.3 is 0 Å². The van der Waals surface area contributed by atoms with Gasteiger partial charge in [0.1, 0.15) is 0 Å². The Bertz CT molecular complexity index is 1030. The van der Waals surface area contributed by atoms with E-state index >= 15 is 0 Å². The van der Waals surface area contributed by atoms with E-state index in [1.54, 1.807) is 59.5 Å². The third-order valence-electron chi connectivity index (χ3n) is 5.48. The number of nitrogens with one attached hydrogen (secondary N) is 2. The molecule has 164 valence electrons. The van der Waals surface area contributed by atoms with Gasteiger partial charge in [-0.15, -0.1) is 0 Å². The van der Waals surface area contributed by atoms with E-state index in [2.05, 4.69) is 10.6 Å². The van der Waals surface area contributed by atoms with Crippen molar-refractivity contribution >= 4 is 27.5 Å². The maximum absolute atomic E-state index is 12.7. The highest BCUT2D eigenvalue weighted by atomic mass is 32.2. The number of amides is 2. The number of nitrogens with zero attached hydrogens (tertiary/aromatic N) is 2. The van der Waals surface area contributed by atoms with Crippen molar-refractivity contribution in [2.75, 3.05) is 38.0 Å². The molecule has 1 saturated heterocycles. The van der Waals surface area contributed by atoms with Gasteiger partial charge in [-0.3, -0.25) is 9.59 Å². The van der Waals surface area contributed by atoms with Crippen LogP contribution >= 0.6 is 0 Å². The summed E-state index contributed by atoms with van der Waals surface area (Å²) in [7, 11) is -3.53. The maximum Gasteiger partial charge on any atom is 0.251 e. The Morgan fingerprint density at radius 3 is 2.16 bits per heavy atom. The summed E-state index contributed by atoms with van der Waals surface area (Å²) in [6.45, 7) is 1.36. The molecule has 4 rings (SSSR count). The monoisotopic (exact) mass is 442 g/mol. The Labute approximate surface area is 182 Å². The second-order valence-corrected chi connectivity index (χ2v) is 9.71. The lowest BCUT2D eigenvalue weighted by atomic mass is 10.2. The molecule has 0 unspecified atom stereocenters. The van der Waals surface area contributed by atoms with E-state index in [0.717, 1.165) is 18.5 Å². The average Bonchev–Trinajstić information content (AvgIpc) is 3.62. The fourth-order valence-corrected chi connectivity index (χ4v) is 4.89. The van der Waals surface area contributed by atoms with E-state index in [-0.39, 0.29) is 36.3 Å². The Morgan fingerprint density at radius 2 is 1.55 bits per heavy atom. The summed E-state index contributed by atoms with van der Waals surface area (Å²) in [5.74, 6) is -0.166. The molecule has 2 aromatic carbocycles. The van der Waals surface area contributed by atoms with Crippen LogP contribution < -0.4 is 10.6 Å². The van der Waals surface area contributed by atoms with Gasteiger partial charge in [0, 0.05) is 43.5 Å². The van der Waals surface area contributed by atoms with Crippen molar-refractivity contribution in [2.24, 2.45) is 0 Å². The second kappa shape index (κ2) is 9.07. The summed E-state index contributed by atoms with van der Waals surface area (Å²) in [4.78, 5) is 26.5. The van der Waals surface area contributed by atoms with Crippen LogP contribution in [0.1, 0.15) is 23.2 Å². The molecule has 0 atom stereocenters. The molecule has 2 aliphatic rings. The van der Waals surface area contributed by atoms with E-state index in [9.17, 15) is 18.0 Å². The molecule has 2 aromatic rings. The van der Waals surface area contributed by atoms with Crippen LogP contribution in [0.15, 0.2) is 59.5 Å². The summed E-state index contributed by atoms with van der Waals surface area (Å²) in [5.41, 5.74) is 1.35. The fourth-order valence-electron chi connectivity index (χ4n) is 3.44. The lowest BCUT2D eigenvalue weighted by Crippen LogP contribution is -2.51. The molecule has 9 heteroatoms. The highest BCUT2D eigenvalue weighted by Crippen LogP contribution is 2.20. The Morgan fingerprint density at radius 1 is 0.903 bits per heavy atom. The summed E-state index contributed by atoms with van der Waals surface area (Å²) >= 11 is 0. The van der Waals surface area contributed by atoms with E-state index in [1.807, 2.05) is 0 Å². The van der Waals surface area contributed by atoms with Gasteiger partial charge in [0.25, 0.3) is 5.91 Å². The SMILES string of the molecule is O=C(NC1CC1)c1ccc(NCC(=O)N2CCN(S(=O)(=O)c3ccccc3)CC2)cc1. The molecular formula is C22H26N4O4S. The zero-order valence-electron chi connectivity index (χ0n) is 17.2. The van der Waals surface area contributed by atoms with Crippen molar-refractivity contribution in [1.29, 1.82) is 0 Å². The fraction of sp³-hybridized carbons (Fsp3) is 0.364. The predicted molar refractivity (Wildman–Crippen MR) is 117 cm³/mol. The summed E-state index contributed by atoms with van der Waals surface area (Å²) in [5, 5.41) is 6.01. The van der Waals surface area contributed by atoms with Crippen molar-refractivity contribution in [3.8, 4) is 0 Å². The van der Waals surface area contributed by atoms with Crippen molar-refractivity contribution in [3.05, 3.63) is 60.2 Å². The molecule has 0 spiro atoms. The second-order valence-electron chi connectivity index (χ2n) is 7.78. The van der Waals surface area contributed by atoms with E-state index in [0.29, 0.717) is 24.7 Å². The molecule has 1 heterocycles. The zero-order valence-corrected chi connectivity index (χ0v) is 18.0. The first-order valence-electron chi connectivity index (χ1n) is 10.4. The highest BCUT2D eigenvalue weighted by molar-refractivity contribution is 7.89. The molecule has 0 aromatic heterocycles. The number of piperazine rings is 1. The van der Waals surface area contributed by atoms with Gasteiger partial charge in [0.15, 0.2) is 0 Å². The molecule has 2 fully saturated rings. The van der Waals surface area contributed by atoms with Gasteiger partial charge < -0.3 is 15.5 Å². The third-order valence-corrected chi connectivity index (χ3v) is 7.39. The molecule has 1 saturated carbocycles. The maximum atomic E-state index is 12.7. The molecule has 1 aliphatic heterocycles. The average molecular weight is 443 g/mol. The topological polar surface area (TPSA) is 98.8 Å². The van der Waals surface area contributed by atoms with E-state index < -0.39 is 10.0 Å². The van der Waals surface area contributed by atoms with Crippen LogP contribution in [0.2, 0.25) is 0 Å². The third kappa shape index (κ3) is 5.23. The largest absolute Gasteiger partial charge is 0.376 e. The quantitative estimate of drug-likeness (QED) is 0.678. The number of hydrogen-bond acceptors (Lipinski definition) is 5. The molecule has 2 amide bonds. The minimum atomic E-state index is -3.53. The smallest absolute Gasteiger partial charge is 0.251 e. The molecule has 31 heavy (non-hydrogen) atoms. The number of hydrogen-bond donors (Lipinski definition) is 2. The first-order chi connectivity index (χ1) is 14.9. The van der Waals surface area contributed by atoms with Crippen molar-refractivity contribution < 1.29 is 18.0 Å². The summed E-state index contributed by atoms with van der Waals surface area (Å²) in [6.07, 6.45) is 2.08. The van der Waals surface area contributed by atoms with E-state index in [1.165, 1.54) is 4.31 Å². The first kappa shape index (κ1) is 21.3. The van der Waals surface area contributed by atoms with Crippen LogP contribution in [-0.4, -0.2) is 68.2 Å². The number of carbonyl (C=O) groups is 2. The highest BCUT2D eigenvalue weighted by Gasteiger charge is 2.29. The van der Waals surface area contributed by atoms with Crippen LogP contribution in [0.3, 0.4) is 0 Å². The minimum Gasteiger partial charge on any atom is -0.376 e. The first-order valence-corrected chi connectivity index (χ1v) is 11.9. The lowest BCUT2D eigenvalue weighted by molar-refractivity contribution is -0.130. The van der Waals surface area contributed by atoms with Gasteiger partial charge in [-0.2, -0.15) is 4.31 Å². The minimum absolute atomic E-state index is 0.0755. The van der Waals surface area contributed by atoms with Gasteiger partial charge in [-0.25, -0.2) is 8.42 Å². The van der Waals surface area contributed by atoms with Gasteiger partial charge in [-0.05, 0) is 49.2 Å². The molecule has 0 bridgehead atoms. The normalized spacial score (nSPS) is 17.2. The number of carbonyl (C=O) groups excluding carboxylic acids is 2. The molecule has 1 aliphatic carbocycles. The van der Waals surface area contributed by atoms with Crippen LogP contribution in [0.5, 0.6) is 0 Å². The number of benzene rings is 2. The number of sulfonamides is 1. The predicted octanol–water partition coefficient (Wildman–Crippen LogP) is 1.52. The van der Waals surface area contributed by atoms with Gasteiger partial charge in [0.2, 0.25) is 15.9 Å². The van der Waals surface area contributed by atoms with Crippen LogP contribution in [0.4, 0.5) is 5.69 Å². The van der Waals surface area contributed by atoms with Crippen molar-refractivity contribution in [1.82, 2.24) is 14.5 Å². The summed E-state index contributed by atoms with van der Waals surface area (Å²) in [6, 6.07) is 15.7. The Balaban J connectivity index is 1.25. The Kier molecular flexibility index (Phi) is 6.24. The Hall–Kier alpha value is -2.91. The van der Waals surface area contributed by atoms with Crippen LogP contribution in [0, 0.1) is 0 Å². The van der Waals surface area contributed by atoms with E-state index in [4.69, 9.17) is 0 Å². The lowest BCUT2D eigenvalue weighted by Gasteiger charge is -2.34. The summed E-state index contributed by atoms with van der Waals surface area (Å²) < 4.78 is 26.8. The molecule has 0 radical (unpaired) electrons. The van der Waals surface area contributed by atoms with Gasteiger partial charge in [-0.1, -0.05) is 18.2 Å². The molecular weight excluding hydrogens is 416 g/mol. The standard InChI is InChI=1S/C22H26N4O4S/c27-21(16-23-18-8-6-17(7-9-18)22(28)24-19-10-11-19)25-12-14-26(15-13-25)31(29,30)20-4-2-1-3-5-20/h1-9,19,23H,10-16H2,(H,24,28). The zero-order chi connectivity index (χ0) is 21.8. The molecule has 2 N–H and O–H groups in total. The van der Waals surface area contributed by atoms with Crippen molar-refractivity contribution in [2.45, 2.75) is 23.8 Å². The number of rotatable bonds is 7. The molecule has 8 nitrogen and oxygen atoms in total.